The number of piperazine rings is 1. The molecule has 0 atom stereocenters. The van der Waals surface area contributed by atoms with Crippen LogP contribution in [0.2, 0.25) is 0 Å². The Balaban J connectivity index is 1.54. The molecule has 1 aliphatic rings. The van der Waals surface area contributed by atoms with Crippen molar-refractivity contribution in [2.24, 2.45) is 0 Å². The Hall–Kier alpha value is -2.86. The number of hydrogen-bond acceptors (Lipinski definition) is 5. The number of ether oxygens (including phenoxy) is 1. The monoisotopic (exact) mass is 392 g/mol. The van der Waals surface area contributed by atoms with Crippen LogP contribution >= 0.6 is 0 Å². The number of fused-ring (bicyclic) bond motifs is 1. The van der Waals surface area contributed by atoms with E-state index < -0.39 is 0 Å². The summed E-state index contributed by atoms with van der Waals surface area (Å²) in [6.45, 7) is 9.50. The summed E-state index contributed by atoms with van der Waals surface area (Å²) >= 11 is 0. The van der Waals surface area contributed by atoms with Gasteiger partial charge in [-0.1, -0.05) is 12.1 Å². The average Bonchev–Trinajstić information content (AvgIpc) is 3.16. The van der Waals surface area contributed by atoms with Crippen molar-refractivity contribution in [3.8, 4) is 0 Å². The highest BCUT2D eigenvalue weighted by atomic mass is 16.5. The molecule has 0 N–H and O–H groups in total. The van der Waals surface area contributed by atoms with Gasteiger partial charge in [0.1, 0.15) is 5.65 Å². The molecule has 1 aliphatic heterocycles. The molecule has 4 rings (SSSR count). The van der Waals surface area contributed by atoms with Crippen LogP contribution in [0.25, 0.3) is 11.0 Å². The van der Waals surface area contributed by atoms with Gasteiger partial charge in [-0.2, -0.15) is 0 Å². The lowest BCUT2D eigenvalue weighted by atomic mass is 10.1. The third kappa shape index (κ3) is 3.98. The van der Waals surface area contributed by atoms with E-state index in [1.807, 2.05) is 18.3 Å². The van der Waals surface area contributed by atoms with E-state index in [2.05, 4.69) is 51.5 Å². The Morgan fingerprint density at radius 1 is 1.07 bits per heavy atom. The predicted octanol–water partition coefficient (Wildman–Crippen LogP) is 3.40. The van der Waals surface area contributed by atoms with E-state index in [9.17, 15) is 4.79 Å². The van der Waals surface area contributed by atoms with E-state index in [0.717, 1.165) is 37.4 Å². The van der Waals surface area contributed by atoms with E-state index in [0.29, 0.717) is 18.2 Å². The molecule has 0 aliphatic carbocycles. The zero-order valence-electron chi connectivity index (χ0n) is 17.3. The molecule has 0 unspecified atom stereocenters. The van der Waals surface area contributed by atoms with Crippen LogP contribution in [-0.2, 0) is 11.3 Å². The Kier molecular flexibility index (Phi) is 5.53. The van der Waals surface area contributed by atoms with Crippen LogP contribution < -0.4 is 4.90 Å². The summed E-state index contributed by atoms with van der Waals surface area (Å²) in [6, 6.07) is 12.4. The fourth-order valence-electron chi connectivity index (χ4n) is 4.02. The Morgan fingerprint density at radius 3 is 2.45 bits per heavy atom. The second kappa shape index (κ2) is 8.25. The van der Waals surface area contributed by atoms with Crippen LogP contribution in [0.5, 0.6) is 0 Å². The number of methoxy groups -OCH3 is 1. The molecule has 2 aromatic heterocycles. The molecule has 152 valence electrons. The zero-order valence-corrected chi connectivity index (χ0v) is 17.3. The second-order valence-corrected chi connectivity index (χ2v) is 7.82. The number of esters is 1. The topological polar surface area (TPSA) is 50.6 Å². The summed E-state index contributed by atoms with van der Waals surface area (Å²) in [5.41, 5.74) is 3.94. The van der Waals surface area contributed by atoms with E-state index in [1.165, 1.54) is 18.2 Å². The van der Waals surface area contributed by atoms with Crippen molar-refractivity contribution in [2.75, 3.05) is 38.2 Å². The fraction of sp³-hybridized carbons (Fsp3) is 0.391. The van der Waals surface area contributed by atoms with Crippen molar-refractivity contribution in [1.29, 1.82) is 0 Å². The highest BCUT2D eigenvalue weighted by Crippen LogP contribution is 2.28. The number of rotatable bonds is 5. The predicted molar refractivity (Wildman–Crippen MR) is 116 cm³/mol. The quantitative estimate of drug-likeness (QED) is 0.623. The highest BCUT2D eigenvalue weighted by molar-refractivity contribution is 5.90. The molecule has 29 heavy (non-hydrogen) atoms. The summed E-state index contributed by atoms with van der Waals surface area (Å²) < 4.78 is 6.93. The molecular formula is C23H28N4O2. The number of nitrogens with zero attached hydrogens (tertiary/aromatic N) is 4. The van der Waals surface area contributed by atoms with Gasteiger partial charge in [0, 0.05) is 62.2 Å². The van der Waals surface area contributed by atoms with Gasteiger partial charge < -0.3 is 14.2 Å². The molecule has 0 radical (unpaired) electrons. The molecule has 1 fully saturated rings. The second-order valence-electron chi connectivity index (χ2n) is 7.82. The number of aromatic nitrogens is 2. The van der Waals surface area contributed by atoms with E-state index in [1.54, 1.807) is 12.1 Å². The smallest absolute Gasteiger partial charge is 0.337 e. The van der Waals surface area contributed by atoms with Gasteiger partial charge in [-0.25, -0.2) is 9.78 Å². The van der Waals surface area contributed by atoms with Crippen molar-refractivity contribution < 1.29 is 9.53 Å². The van der Waals surface area contributed by atoms with Crippen LogP contribution in [0.15, 0.2) is 48.8 Å². The number of pyridine rings is 1. The van der Waals surface area contributed by atoms with Crippen molar-refractivity contribution in [1.82, 2.24) is 14.5 Å². The molecule has 3 aromatic rings. The average molecular weight is 393 g/mol. The van der Waals surface area contributed by atoms with Crippen molar-refractivity contribution in [3.05, 3.63) is 59.9 Å². The first-order valence-electron chi connectivity index (χ1n) is 10.2. The third-order valence-corrected chi connectivity index (χ3v) is 5.75. The molecule has 6 heteroatoms. The van der Waals surface area contributed by atoms with Gasteiger partial charge in [-0.05, 0) is 43.7 Å². The van der Waals surface area contributed by atoms with Crippen molar-refractivity contribution in [2.45, 2.75) is 26.4 Å². The molecule has 0 saturated carbocycles. The molecule has 6 nitrogen and oxygen atoms in total. The summed E-state index contributed by atoms with van der Waals surface area (Å²) in [7, 11) is 1.40. The summed E-state index contributed by atoms with van der Waals surface area (Å²) in [6.07, 6.45) is 4.00. The minimum absolute atomic E-state index is 0.313. The Morgan fingerprint density at radius 2 is 1.79 bits per heavy atom. The maximum atomic E-state index is 11.6. The standard InChI is InChI=1S/C23H28N4O2/c1-17(2)25-12-14-26(15-13-25)21-8-10-24-22-20(21)9-11-27(22)16-18-4-6-19(7-5-18)23(28)29-3/h4-11,17H,12-16H2,1-3H3. The first kappa shape index (κ1) is 19.5. The molecule has 1 aromatic carbocycles. The zero-order chi connectivity index (χ0) is 20.4. The van der Waals surface area contributed by atoms with Gasteiger partial charge in [-0.15, -0.1) is 0 Å². The minimum atomic E-state index is -0.313. The molecular weight excluding hydrogens is 364 g/mol. The Labute approximate surface area is 171 Å². The first-order valence-corrected chi connectivity index (χ1v) is 10.2. The van der Waals surface area contributed by atoms with E-state index in [4.69, 9.17) is 4.74 Å². The SMILES string of the molecule is COC(=O)c1ccc(Cn2ccc3c(N4CCN(C(C)C)CC4)ccnc32)cc1. The maximum Gasteiger partial charge on any atom is 0.337 e. The van der Waals surface area contributed by atoms with Crippen LogP contribution in [0.1, 0.15) is 29.8 Å². The fourth-order valence-corrected chi connectivity index (χ4v) is 4.02. The number of benzene rings is 1. The number of hydrogen-bond donors (Lipinski definition) is 0. The van der Waals surface area contributed by atoms with Gasteiger partial charge in [0.2, 0.25) is 0 Å². The van der Waals surface area contributed by atoms with Crippen LogP contribution in [0.3, 0.4) is 0 Å². The van der Waals surface area contributed by atoms with Crippen molar-refractivity contribution >= 4 is 22.7 Å². The lowest BCUT2D eigenvalue weighted by molar-refractivity contribution is 0.0600. The van der Waals surface area contributed by atoms with Gasteiger partial charge in [0.25, 0.3) is 0 Å². The van der Waals surface area contributed by atoms with Crippen LogP contribution in [0.4, 0.5) is 5.69 Å². The maximum absolute atomic E-state index is 11.6. The summed E-state index contributed by atoms with van der Waals surface area (Å²) in [4.78, 5) is 21.3. The normalized spacial score (nSPS) is 15.2. The first-order chi connectivity index (χ1) is 14.1. The molecule has 0 amide bonds. The summed E-state index contributed by atoms with van der Waals surface area (Å²) in [5.74, 6) is -0.313. The van der Waals surface area contributed by atoms with Gasteiger partial charge in [-0.3, -0.25) is 4.90 Å². The number of carbonyl (C=O) groups is 1. The number of carbonyl (C=O) groups excluding carboxylic acids is 1. The van der Waals surface area contributed by atoms with Crippen LogP contribution in [-0.4, -0.2) is 59.8 Å². The van der Waals surface area contributed by atoms with E-state index in [-0.39, 0.29) is 5.97 Å². The van der Waals surface area contributed by atoms with Gasteiger partial charge in [0.15, 0.2) is 0 Å². The Bertz CT molecular complexity index is 986. The highest BCUT2D eigenvalue weighted by Gasteiger charge is 2.21. The molecule has 0 spiro atoms. The summed E-state index contributed by atoms with van der Waals surface area (Å²) in [5, 5.41) is 1.19. The lowest BCUT2D eigenvalue weighted by Crippen LogP contribution is -2.48. The molecule has 1 saturated heterocycles. The van der Waals surface area contributed by atoms with Crippen LogP contribution in [0, 0.1) is 0 Å². The van der Waals surface area contributed by atoms with E-state index >= 15 is 0 Å². The molecule has 0 bridgehead atoms. The number of anilines is 1. The van der Waals surface area contributed by atoms with Crippen molar-refractivity contribution in [3.63, 3.8) is 0 Å². The molecule has 3 heterocycles. The minimum Gasteiger partial charge on any atom is -0.465 e. The third-order valence-electron chi connectivity index (χ3n) is 5.75. The lowest BCUT2D eigenvalue weighted by Gasteiger charge is -2.38. The van der Waals surface area contributed by atoms with Gasteiger partial charge >= 0.3 is 5.97 Å². The van der Waals surface area contributed by atoms with Gasteiger partial charge in [0.05, 0.1) is 12.7 Å². The largest absolute Gasteiger partial charge is 0.465 e.